The zero-order valence-corrected chi connectivity index (χ0v) is 17.5. The van der Waals surface area contributed by atoms with Crippen LogP contribution in [0.3, 0.4) is 0 Å². The number of nitrogens with one attached hydrogen (secondary N) is 2. The number of anilines is 3. The predicted molar refractivity (Wildman–Crippen MR) is 117 cm³/mol. The monoisotopic (exact) mass is 408 g/mol. The lowest BCUT2D eigenvalue weighted by Gasteiger charge is -2.35. The molecule has 0 saturated carbocycles. The summed E-state index contributed by atoms with van der Waals surface area (Å²) in [5, 5.41) is 8.97. The average Bonchev–Trinajstić information content (AvgIpc) is 3.16. The lowest BCUT2D eigenvalue weighted by Crippen LogP contribution is -2.47. The molecule has 1 aliphatic heterocycles. The molecular formula is C22H24N4O2S. The number of ether oxygens (including phenoxy) is 1. The van der Waals surface area contributed by atoms with E-state index in [9.17, 15) is 4.79 Å². The van der Waals surface area contributed by atoms with Gasteiger partial charge in [-0.2, -0.15) is 0 Å². The molecule has 1 amide bonds. The smallest absolute Gasteiger partial charge is 0.262 e. The van der Waals surface area contributed by atoms with Crippen molar-refractivity contribution >= 4 is 33.8 Å². The maximum absolute atomic E-state index is 12.1. The molecule has 0 saturated heterocycles. The topological polar surface area (TPSA) is 66.5 Å². The Hall–Kier alpha value is -3.06. The fraction of sp³-hybridized carbons (Fsp3) is 0.273. The molecule has 1 atom stereocenters. The molecule has 0 unspecified atom stereocenters. The van der Waals surface area contributed by atoms with Crippen LogP contribution in [-0.2, 0) is 11.3 Å². The van der Waals surface area contributed by atoms with Crippen LogP contribution in [-0.4, -0.2) is 30.6 Å². The highest BCUT2D eigenvalue weighted by Gasteiger charge is 2.30. The van der Waals surface area contributed by atoms with Crippen molar-refractivity contribution in [2.24, 2.45) is 0 Å². The molecule has 1 aliphatic rings. The van der Waals surface area contributed by atoms with Gasteiger partial charge in [0, 0.05) is 18.1 Å². The molecular weight excluding hydrogens is 384 g/mol. The maximum atomic E-state index is 12.1. The first-order valence-electron chi connectivity index (χ1n) is 9.54. The molecule has 0 fully saturated rings. The minimum Gasteiger partial charge on any atom is -0.477 e. The summed E-state index contributed by atoms with van der Waals surface area (Å²) in [7, 11) is 1.63. The number of carbonyl (C=O) groups is 1. The molecule has 2 heterocycles. The van der Waals surface area contributed by atoms with Gasteiger partial charge < -0.3 is 20.3 Å². The summed E-state index contributed by atoms with van der Waals surface area (Å²) < 4.78 is 5.87. The van der Waals surface area contributed by atoms with Crippen LogP contribution in [0.2, 0.25) is 0 Å². The van der Waals surface area contributed by atoms with Crippen LogP contribution in [0.15, 0.2) is 47.8 Å². The summed E-state index contributed by atoms with van der Waals surface area (Å²) in [6.45, 7) is 5.30. The molecule has 7 heteroatoms. The van der Waals surface area contributed by atoms with Crippen molar-refractivity contribution in [3.8, 4) is 5.75 Å². The van der Waals surface area contributed by atoms with Crippen LogP contribution in [0.5, 0.6) is 5.75 Å². The second-order valence-electron chi connectivity index (χ2n) is 7.14. The first-order valence-corrected chi connectivity index (χ1v) is 10.4. The molecule has 2 N–H and O–H groups in total. The molecule has 0 bridgehead atoms. The minimum absolute atomic E-state index is 0.125. The van der Waals surface area contributed by atoms with E-state index >= 15 is 0 Å². The van der Waals surface area contributed by atoms with Gasteiger partial charge in [0.05, 0.1) is 24.5 Å². The van der Waals surface area contributed by atoms with Crippen molar-refractivity contribution in [3.05, 3.63) is 64.7 Å². The molecule has 0 aliphatic carbocycles. The lowest BCUT2D eigenvalue weighted by atomic mass is 10.1. The summed E-state index contributed by atoms with van der Waals surface area (Å²) in [5.41, 5.74) is 5.48. The Morgan fingerprint density at radius 1 is 1.24 bits per heavy atom. The van der Waals surface area contributed by atoms with Crippen LogP contribution in [0.4, 0.5) is 16.5 Å². The van der Waals surface area contributed by atoms with Gasteiger partial charge in [-0.05, 0) is 49.2 Å². The number of benzene rings is 2. The van der Waals surface area contributed by atoms with Crippen LogP contribution >= 0.6 is 11.3 Å². The van der Waals surface area contributed by atoms with E-state index in [1.54, 1.807) is 18.4 Å². The number of likely N-dealkylation sites (N-methyl/N-ethyl adjacent to an activating group) is 1. The number of carbonyl (C=O) groups excluding carboxylic acids is 1. The summed E-state index contributed by atoms with van der Waals surface area (Å²) in [6, 6.07) is 14.1. The van der Waals surface area contributed by atoms with E-state index in [0.717, 1.165) is 27.9 Å². The highest BCUT2D eigenvalue weighted by Crippen LogP contribution is 2.34. The van der Waals surface area contributed by atoms with Crippen molar-refractivity contribution in [2.75, 3.05) is 23.8 Å². The number of thiazole rings is 1. The molecule has 29 heavy (non-hydrogen) atoms. The second kappa shape index (κ2) is 8.13. The Morgan fingerprint density at radius 3 is 2.86 bits per heavy atom. The summed E-state index contributed by atoms with van der Waals surface area (Å²) >= 11 is 1.58. The summed E-state index contributed by atoms with van der Waals surface area (Å²) in [4.78, 5) is 19.0. The van der Waals surface area contributed by atoms with Crippen LogP contribution in [0, 0.1) is 13.8 Å². The van der Waals surface area contributed by atoms with Crippen LogP contribution in [0.25, 0.3) is 0 Å². The Labute approximate surface area is 174 Å². The van der Waals surface area contributed by atoms with Gasteiger partial charge in [-0.15, -0.1) is 11.3 Å². The Bertz CT molecular complexity index is 1030. The number of amides is 1. The number of aryl methyl sites for hydroxylation is 2. The van der Waals surface area contributed by atoms with Crippen molar-refractivity contribution < 1.29 is 9.53 Å². The fourth-order valence-electron chi connectivity index (χ4n) is 3.33. The standard InChI is InChI=1S/C22H24N4O2S/c1-14-8-9-16(10-15(14)2)24-22-25-17(13-29-22)11-26-12-20(21(27)23-3)28-19-7-5-4-6-18(19)26/h4-10,13,20H,11-12H2,1-3H3,(H,23,27)(H,24,25)/t20-/m1/s1. The number of fused-ring (bicyclic) bond motifs is 1. The zero-order chi connectivity index (χ0) is 20.4. The van der Waals surface area contributed by atoms with E-state index < -0.39 is 6.10 Å². The zero-order valence-electron chi connectivity index (χ0n) is 16.7. The van der Waals surface area contributed by atoms with E-state index in [2.05, 4.69) is 53.0 Å². The molecule has 2 aromatic carbocycles. The molecule has 150 valence electrons. The number of nitrogens with zero attached hydrogens (tertiary/aromatic N) is 2. The third kappa shape index (κ3) is 4.19. The van der Waals surface area contributed by atoms with Gasteiger partial charge in [0.15, 0.2) is 11.2 Å². The molecule has 4 rings (SSSR count). The van der Waals surface area contributed by atoms with E-state index in [1.807, 2.05) is 24.3 Å². The van der Waals surface area contributed by atoms with Gasteiger partial charge in [-0.1, -0.05) is 18.2 Å². The van der Waals surface area contributed by atoms with Gasteiger partial charge in [-0.25, -0.2) is 4.98 Å². The largest absolute Gasteiger partial charge is 0.477 e. The molecule has 0 spiro atoms. The normalized spacial score (nSPS) is 15.4. The number of para-hydroxylation sites is 2. The average molecular weight is 409 g/mol. The lowest BCUT2D eigenvalue weighted by molar-refractivity contribution is -0.127. The first-order chi connectivity index (χ1) is 14.0. The van der Waals surface area contributed by atoms with Gasteiger partial charge in [0.25, 0.3) is 5.91 Å². The molecule has 0 radical (unpaired) electrons. The molecule has 3 aromatic rings. The van der Waals surface area contributed by atoms with E-state index in [4.69, 9.17) is 9.72 Å². The highest BCUT2D eigenvalue weighted by atomic mass is 32.1. The number of rotatable bonds is 5. The number of hydrogen-bond donors (Lipinski definition) is 2. The Balaban J connectivity index is 1.51. The van der Waals surface area contributed by atoms with E-state index in [1.165, 1.54) is 11.1 Å². The van der Waals surface area contributed by atoms with Crippen molar-refractivity contribution in [1.29, 1.82) is 0 Å². The van der Waals surface area contributed by atoms with Crippen molar-refractivity contribution in [3.63, 3.8) is 0 Å². The Morgan fingerprint density at radius 2 is 2.07 bits per heavy atom. The third-order valence-electron chi connectivity index (χ3n) is 5.06. The van der Waals surface area contributed by atoms with Crippen LogP contribution < -0.4 is 20.3 Å². The maximum Gasteiger partial charge on any atom is 0.262 e. The predicted octanol–water partition coefficient (Wildman–Crippen LogP) is 4.02. The molecule has 1 aromatic heterocycles. The number of hydrogen-bond acceptors (Lipinski definition) is 6. The minimum atomic E-state index is -0.540. The van der Waals surface area contributed by atoms with E-state index in [0.29, 0.717) is 13.1 Å². The quantitative estimate of drug-likeness (QED) is 0.668. The Kier molecular flexibility index (Phi) is 5.40. The van der Waals surface area contributed by atoms with Crippen molar-refractivity contribution in [1.82, 2.24) is 10.3 Å². The van der Waals surface area contributed by atoms with Gasteiger partial charge in [0.1, 0.15) is 5.75 Å². The highest BCUT2D eigenvalue weighted by molar-refractivity contribution is 7.13. The van der Waals surface area contributed by atoms with E-state index in [-0.39, 0.29) is 5.91 Å². The fourth-order valence-corrected chi connectivity index (χ4v) is 4.05. The van der Waals surface area contributed by atoms with Crippen molar-refractivity contribution in [2.45, 2.75) is 26.5 Å². The number of aromatic nitrogens is 1. The third-order valence-corrected chi connectivity index (χ3v) is 5.87. The van der Waals surface area contributed by atoms with Crippen LogP contribution in [0.1, 0.15) is 16.8 Å². The van der Waals surface area contributed by atoms with Gasteiger partial charge >= 0.3 is 0 Å². The first kappa shape index (κ1) is 19.3. The second-order valence-corrected chi connectivity index (χ2v) is 8.00. The van der Waals surface area contributed by atoms with Gasteiger partial charge in [0.2, 0.25) is 0 Å². The molecule has 6 nitrogen and oxygen atoms in total. The van der Waals surface area contributed by atoms with Gasteiger partial charge in [-0.3, -0.25) is 4.79 Å². The SMILES string of the molecule is CNC(=O)[C@H]1CN(Cc2csc(Nc3ccc(C)c(C)c3)n2)c2ccccc2O1. The summed E-state index contributed by atoms with van der Waals surface area (Å²) in [6.07, 6.45) is -0.540. The summed E-state index contributed by atoms with van der Waals surface area (Å²) in [5.74, 6) is 0.593.